The van der Waals surface area contributed by atoms with Crippen LogP contribution in [0.3, 0.4) is 0 Å². The molecule has 6 N–H and O–H groups in total. The second kappa shape index (κ2) is 24.7. The average Bonchev–Trinajstić information content (AvgIpc) is 1.38. The first-order chi connectivity index (χ1) is 42.8. The van der Waals surface area contributed by atoms with Crippen molar-refractivity contribution in [3.8, 4) is 56.5 Å². The van der Waals surface area contributed by atoms with Gasteiger partial charge in [0.05, 0.1) is 72.5 Å². The van der Waals surface area contributed by atoms with E-state index in [-0.39, 0.29) is 96.7 Å². The number of fused-ring (bicyclic) bond motifs is 12. The Morgan fingerprint density at radius 3 is 1.19 bits per heavy atom. The first-order valence-electron chi connectivity index (χ1n) is 28.5. The molecule has 15 rings (SSSR count). The highest BCUT2D eigenvalue weighted by atomic mass is 127. The molecular formula is C68H68F9IN16. The molecule has 0 bridgehead atoms. The largest absolute Gasteiger partial charge is 0.371 e. The summed E-state index contributed by atoms with van der Waals surface area (Å²) in [5, 5.41) is 45.3. The Kier molecular flexibility index (Phi) is 18.0. The number of aryl methyl sites for hydroxylation is 3. The summed E-state index contributed by atoms with van der Waals surface area (Å²) in [4.78, 5) is 8.81. The maximum Gasteiger partial charge on any atom is 0.162 e. The Balaban J connectivity index is 0.000000163. The van der Waals surface area contributed by atoms with Crippen molar-refractivity contribution < 1.29 is 39.5 Å². The van der Waals surface area contributed by atoms with Gasteiger partial charge in [0.1, 0.15) is 75.5 Å². The molecular weight excluding hydrogens is 1340 g/mol. The number of aromatic nitrogens is 12. The van der Waals surface area contributed by atoms with E-state index >= 15 is 26.3 Å². The molecule has 0 saturated carbocycles. The molecule has 12 aromatic rings. The molecule has 0 atom stereocenters. The summed E-state index contributed by atoms with van der Waals surface area (Å²) >= 11 is 2.05. The Bertz CT molecular complexity index is 5040. The fourth-order valence-electron chi connectivity index (χ4n) is 12.4. The third-order valence-electron chi connectivity index (χ3n) is 16.4. The van der Waals surface area contributed by atoms with Crippen molar-refractivity contribution in [2.24, 2.45) is 0 Å². The zero-order chi connectivity index (χ0) is 63.9. The molecule has 0 amide bonds. The van der Waals surface area contributed by atoms with Crippen LogP contribution in [0, 0.1) is 67.3 Å². The van der Waals surface area contributed by atoms with E-state index in [2.05, 4.69) is 84.1 Å². The van der Waals surface area contributed by atoms with E-state index in [0.29, 0.717) is 87.4 Å². The summed E-state index contributed by atoms with van der Waals surface area (Å²) < 4.78 is 142. The molecule has 94 heavy (non-hydrogen) atoms. The van der Waals surface area contributed by atoms with Crippen LogP contribution in [0.2, 0.25) is 0 Å². The van der Waals surface area contributed by atoms with Crippen LogP contribution >= 0.6 is 22.6 Å². The van der Waals surface area contributed by atoms with Crippen LogP contribution in [0.15, 0.2) is 79.3 Å². The molecule has 3 aliphatic heterocycles. The molecule has 16 nitrogen and oxygen atoms in total. The highest BCUT2D eigenvalue weighted by Gasteiger charge is 2.41. The first-order valence-corrected chi connectivity index (χ1v) is 29.6. The summed E-state index contributed by atoms with van der Waals surface area (Å²) in [6.45, 7) is 16.8. The van der Waals surface area contributed by atoms with E-state index in [1.165, 1.54) is 42.6 Å². The monoisotopic (exact) mass is 1410 g/mol. The molecule has 0 saturated heterocycles. The second-order valence-electron chi connectivity index (χ2n) is 23.6. The van der Waals surface area contributed by atoms with Gasteiger partial charge in [-0.15, -0.1) is 30.6 Å². The highest BCUT2D eigenvalue weighted by molar-refractivity contribution is 14.1. The predicted molar refractivity (Wildman–Crippen MR) is 358 cm³/mol. The number of aromatic amines is 3. The van der Waals surface area contributed by atoms with Gasteiger partial charge in [-0.3, -0.25) is 13.7 Å². The number of hydrogen-bond acceptors (Lipinski definition) is 10. The van der Waals surface area contributed by atoms with E-state index < -0.39 is 74.5 Å². The smallest absolute Gasteiger partial charge is 0.162 e. The van der Waals surface area contributed by atoms with Gasteiger partial charge < -0.3 is 30.9 Å². The van der Waals surface area contributed by atoms with Gasteiger partial charge in [-0.25, -0.2) is 39.5 Å². The number of halogens is 10. The lowest BCUT2D eigenvalue weighted by atomic mass is 9.95. The quantitative estimate of drug-likeness (QED) is 0.0688. The Morgan fingerprint density at radius 2 is 0.809 bits per heavy atom. The van der Waals surface area contributed by atoms with Crippen molar-refractivity contribution in [3.63, 3.8) is 0 Å². The number of H-pyrrole nitrogens is 3. The highest BCUT2D eigenvalue weighted by Crippen LogP contribution is 2.48. The fourth-order valence-corrected chi connectivity index (χ4v) is 13.0. The topological polar surface area (TPSA) is 199 Å². The summed E-state index contributed by atoms with van der Waals surface area (Å²) in [6.07, 6.45) is 6.21. The average molecular weight is 1410 g/mol. The van der Waals surface area contributed by atoms with E-state index in [4.69, 9.17) is 0 Å². The van der Waals surface area contributed by atoms with Crippen LogP contribution < -0.4 is 16.0 Å². The van der Waals surface area contributed by atoms with Gasteiger partial charge in [0.15, 0.2) is 34.9 Å². The maximum atomic E-state index is 16.0. The molecule has 0 spiro atoms. The van der Waals surface area contributed by atoms with E-state index in [9.17, 15) is 18.4 Å². The number of nitrogens with zero attached hydrogens (tertiary/aromatic N) is 10. The molecule has 0 fully saturated rings. The van der Waals surface area contributed by atoms with Gasteiger partial charge in [-0.1, -0.05) is 50.5 Å². The molecule has 9 heterocycles. The zero-order valence-electron chi connectivity index (χ0n) is 49.4. The van der Waals surface area contributed by atoms with Crippen LogP contribution in [-0.4, -0.2) is 59.2 Å². The number of rotatable bonds is 6. The van der Waals surface area contributed by atoms with Crippen molar-refractivity contribution >= 4 is 72.4 Å². The maximum absolute atomic E-state index is 16.0. The number of nitriles is 1. The van der Waals surface area contributed by atoms with Gasteiger partial charge in [-0.05, 0) is 107 Å². The van der Waals surface area contributed by atoms with Gasteiger partial charge in [0.25, 0.3) is 0 Å². The molecule has 0 aliphatic carbocycles. The summed E-state index contributed by atoms with van der Waals surface area (Å²) in [5.41, 5.74) is -0.156. The van der Waals surface area contributed by atoms with Gasteiger partial charge >= 0.3 is 0 Å². The SMILES string of the molecule is C.C.C.C.CCc1nnc2n1-c1c(cc(F)c(-c3cc(F)cc4c(C#N)c[nH]c34)c1F)NC2(C)C.CCc1nnc2n1-c1c(cc(F)c(-c3cc(F)cc4c(I)c[nH]c34)c1F)NC2(C)C.CCc1nnc2n1-c1c(cc(F)c(-c3cc(F)cc4cc[nH]c34)c1F)NC2(C)C. The fraction of sp³-hybridized carbons (Fsp3) is 0.279. The van der Waals surface area contributed by atoms with Crippen LogP contribution in [0.4, 0.5) is 56.6 Å². The lowest BCUT2D eigenvalue weighted by Gasteiger charge is -2.34. The molecule has 490 valence electrons. The van der Waals surface area contributed by atoms with Crippen molar-refractivity contribution in [2.45, 2.75) is 128 Å². The zero-order valence-corrected chi connectivity index (χ0v) is 51.5. The van der Waals surface area contributed by atoms with Crippen molar-refractivity contribution in [1.82, 2.24) is 59.2 Å². The van der Waals surface area contributed by atoms with Gasteiger partial charge in [0, 0.05) is 92.5 Å². The minimum Gasteiger partial charge on any atom is -0.371 e. The number of nitrogens with one attached hydrogen (secondary N) is 6. The molecule has 3 aliphatic rings. The number of anilines is 3. The Hall–Kier alpha value is -9.65. The van der Waals surface area contributed by atoms with Gasteiger partial charge in [-0.2, -0.15) is 5.26 Å². The number of benzene rings is 6. The molecule has 0 radical (unpaired) electrons. The van der Waals surface area contributed by atoms with E-state index in [0.717, 1.165) is 21.8 Å². The molecule has 6 aromatic carbocycles. The summed E-state index contributed by atoms with van der Waals surface area (Å²) in [6, 6.07) is 14.5. The van der Waals surface area contributed by atoms with E-state index in [1.807, 2.05) is 68.4 Å². The first kappa shape index (κ1) is 68.7. The van der Waals surface area contributed by atoms with Crippen LogP contribution in [0.25, 0.3) is 83.2 Å². The molecule has 0 unspecified atom stereocenters. The van der Waals surface area contributed by atoms with Gasteiger partial charge in [0.2, 0.25) is 0 Å². The Labute approximate surface area is 549 Å². The third kappa shape index (κ3) is 10.6. The molecule has 26 heteroatoms. The minimum atomic E-state index is -0.867. The van der Waals surface area contributed by atoms with Crippen molar-refractivity contribution in [1.29, 1.82) is 5.26 Å². The van der Waals surface area contributed by atoms with E-state index in [1.54, 1.807) is 32.2 Å². The summed E-state index contributed by atoms with van der Waals surface area (Å²) in [7, 11) is 0. The normalized spacial score (nSPS) is 13.8. The van der Waals surface area contributed by atoms with Crippen LogP contribution in [0.1, 0.15) is 133 Å². The van der Waals surface area contributed by atoms with Crippen LogP contribution in [-0.2, 0) is 35.9 Å². The second-order valence-corrected chi connectivity index (χ2v) is 24.7. The lowest BCUT2D eigenvalue weighted by molar-refractivity contribution is 0.515. The predicted octanol–water partition coefficient (Wildman–Crippen LogP) is 18.2. The third-order valence-corrected chi connectivity index (χ3v) is 17.3. The molecule has 6 aromatic heterocycles. The Morgan fingerprint density at radius 1 is 0.457 bits per heavy atom. The summed E-state index contributed by atoms with van der Waals surface area (Å²) in [5.74, 6) is -3.48. The standard InChI is InChI=1S/C22H17F3N6.C21H17F3IN5.C21H18F3N5.4CH4/c1-4-16-29-30-21-22(2,3)28-15-7-14(24)17(18(25)20(15)31(16)21)13-6-11(23)5-12-10(8-26)9-27-19(12)13;1-4-15-28-29-20-21(2,3)27-14-7-12(23)16(17(24)19(14)30(15)20)11-6-9(22)5-10-13(25)8-26-18(10)11;1-4-15-27-28-20-21(2,3)26-14-9-13(23)16(17(24)19(14)29(15)20)12-8-11(22)7-10-5-6-25-18(10)12;;;;/h5-7,9,27-28H,4H2,1-3H3;5-8,26-27H,4H2,1-3H3;5-9,25-26H,4H2,1-3H3;4*1H4. The van der Waals surface area contributed by atoms with Crippen molar-refractivity contribution in [3.05, 3.63) is 176 Å². The lowest BCUT2D eigenvalue weighted by Crippen LogP contribution is -2.36. The van der Waals surface area contributed by atoms with Crippen molar-refractivity contribution in [2.75, 3.05) is 16.0 Å². The minimum absolute atomic E-state index is 0. The number of hydrogen-bond donors (Lipinski definition) is 6. The van der Waals surface area contributed by atoms with Crippen LogP contribution in [0.5, 0.6) is 0 Å².